The molecule has 1 aromatic carbocycles. The van der Waals surface area contributed by atoms with Crippen molar-refractivity contribution in [1.82, 2.24) is 5.32 Å². The molecule has 0 spiro atoms. The van der Waals surface area contributed by atoms with Gasteiger partial charge in [0.25, 0.3) is 11.8 Å². The topological polar surface area (TPSA) is 109 Å². The average Bonchev–Trinajstić information content (AvgIpc) is 2.85. The number of hydrogen-bond donors (Lipinski definition) is 3. The zero-order valence-corrected chi connectivity index (χ0v) is 12.7. The molecule has 2 amide bonds. The zero-order chi connectivity index (χ0) is 17.0. The van der Waals surface area contributed by atoms with E-state index in [0.29, 0.717) is 17.0 Å². The van der Waals surface area contributed by atoms with Crippen molar-refractivity contribution in [3.63, 3.8) is 0 Å². The van der Waals surface area contributed by atoms with Gasteiger partial charge in [-0.2, -0.15) is 0 Å². The molecule has 7 heteroatoms. The molecule has 2 aromatic rings. The van der Waals surface area contributed by atoms with E-state index in [2.05, 4.69) is 10.6 Å². The Morgan fingerprint density at radius 3 is 2.26 bits per heavy atom. The van der Waals surface area contributed by atoms with Gasteiger partial charge < -0.3 is 20.2 Å². The largest absolute Gasteiger partial charge is 0.480 e. The van der Waals surface area contributed by atoms with E-state index < -0.39 is 18.4 Å². The maximum absolute atomic E-state index is 12.0. The van der Waals surface area contributed by atoms with Crippen molar-refractivity contribution < 1.29 is 23.9 Å². The lowest BCUT2D eigenvalue weighted by Gasteiger charge is -2.05. The number of anilines is 1. The van der Waals surface area contributed by atoms with Crippen LogP contribution in [-0.4, -0.2) is 29.4 Å². The summed E-state index contributed by atoms with van der Waals surface area (Å²) in [6.45, 7) is 3.17. The molecule has 2 rings (SSSR count). The van der Waals surface area contributed by atoms with Crippen LogP contribution in [0.5, 0.6) is 0 Å². The lowest BCUT2D eigenvalue weighted by Crippen LogP contribution is -2.29. The molecule has 0 aliphatic rings. The number of carbonyl (C=O) groups excluding carboxylic acids is 2. The maximum Gasteiger partial charge on any atom is 0.322 e. The highest BCUT2D eigenvalue weighted by Gasteiger charge is 2.13. The SMILES string of the molecule is Cc1cc(C(=O)Nc2ccc(C(=O)NCC(=O)O)cc2)oc1C. The van der Waals surface area contributed by atoms with E-state index in [1.807, 2.05) is 6.92 Å². The Morgan fingerprint density at radius 2 is 1.74 bits per heavy atom. The van der Waals surface area contributed by atoms with Crippen LogP contribution in [0.25, 0.3) is 0 Å². The van der Waals surface area contributed by atoms with Crippen LogP contribution in [0, 0.1) is 13.8 Å². The number of carboxylic acids is 1. The van der Waals surface area contributed by atoms with Gasteiger partial charge in [-0.05, 0) is 49.7 Å². The van der Waals surface area contributed by atoms with Gasteiger partial charge in [0.15, 0.2) is 5.76 Å². The number of furan rings is 1. The van der Waals surface area contributed by atoms with Gasteiger partial charge in [0.05, 0.1) is 0 Å². The molecule has 23 heavy (non-hydrogen) atoms. The summed E-state index contributed by atoms with van der Waals surface area (Å²) in [4.78, 5) is 34.1. The van der Waals surface area contributed by atoms with Crippen LogP contribution in [0.15, 0.2) is 34.7 Å². The number of aryl methyl sites for hydroxylation is 2. The molecule has 0 bridgehead atoms. The monoisotopic (exact) mass is 316 g/mol. The van der Waals surface area contributed by atoms with Crippen LogP contribution in [0.2, 0.25) is 0 Å². The summed E-state index contributed by atoms with van der Waals surface area (Å²) in [5.74, 6) is -1.11. The molecule has 0 fully saturated rings. The van der Waals surface area contributed by atoms with Gasteiger partial charge in [0.1, 0.15) is 12.3 Å². The first-order valence-electron chi connectivity index (χ1n) is 6.85. The van der Waals surface area contributed by atoms with E-state index in [0.717, 1.165) is 5.56 Å². The number of amides is 2. The van der Waals surface area contributed by atoms with Gasteiger partial charge in [-0.3, -0.25) is 14.4 Å². The Morgan fingerprint density at radius 1 is 1.09 bits per heavy atom. The fourth-order valence-electron chi connectivity index (χ4n) is 1.84. The number of carboxylic acid groups (broad SMARTS) is 1. The van der Waals surface area contributed by atoms with Crippen LogP contribution < -0.4 is 10.6 Å². The first-order valence-corrected chi connectivity index (χ1v) is 6.85. The highest BCUT2D eigenvalue weighted by Crippen LogP contribution is 2.16. The Balaban J connectivity index is 2.00. The van der Waals surface area contributed by atoms with Crippen molar-refractivity contribution >= 4 is 23.5 Å². The van der Waals surface area contributed by atoms with Crippen molar-refractivity contribution in [2.75, 3.05) is 11.9 Å². The van der Waals surface area contributed by atoms with Gasteiger partial charge in [0, 0.05) is 11.3 Å². The third-order valence-electron chi connectivity index (χ3n) is 3.19. The van der Waals surface area contributed by atoms with E-state index in [9.17, 15) is 14.4 Å². The van der Waals surface area contributed by atoms with Crippen molar-refractivity contribution in [2.45, 2.75) is 13.8 Å². The van der Waals surface area contributed by atoms with Crippen molar-refractivity contribution in [3.8, 4) is 0 Å². The van der Waals surface area contributed by atoms with Gasteiger partial charge in [-0.25, -0.2) is 0 Å². The predicted molar refractivity (Wildman–Crippen MR) is 82.5 cm³/mol. The summed E-state index contributed by atoms with van der Waals surface area (Å²) >= 11 is 0. The first kappa shape index (κ1) is 16.3. The third-order valence-corrected chi connectivity index (χ3v) is 3.19. The van der Waals surface area contributed by atoms with Crippen LogP contribution >= 0.6 is 0 Å². The van der Waals surface area contributed by atoms with Gasteiger partial charge in [-0.1, -0.05) is 0 Å². The molecule has 3 N–H and O–H groups in total. The average molecular weight is 316 g/mol. The Kier molecular flexibility index (Phi) is 4.80. The molecule has 0 atom stereocenters. The molecule has 0 radical (unpaired) electrons. The molecule has 0 saturated carbocycles. The minimum absolute atomic E-state index is 0.211. The summed E-state index contributed by atoms with van der Waals surface area (Å²) < 4.78 is 5.33. The van der Waals surface area contributed by atoms with Gasteiger partial charge >= 0.3 is 5.97 Å². The third kappa shape index (κ3) is 4.19. The molecule has 7 nitrogen and oxygen atoms in total. The molecule has 0 unspecified atom stereocenters. The number of aliphatic carboxylic acids is 1. The highest BCUT2D eigenvalue weighted by molar-refractivity contribution is 6.03. The first-order chi connectivity index (χ1) is 10.9. The summed E-state index contributed by atoms with van der Waals surface area (Å²) in [6, 6.07) is 7.74. The molecular formula is C16H16N2O5. The molecule has 120 valence electrons. The second kappa shape index (κ2) is 6.78. The minimum Gasteiger partial charge on any atom is -0.480 e. The summed E-state index contributed by atoms with van der Waals surface area (Å²) in [7, 11) is 0. The minimum atomic E-state index is -1.12. The van der Waals surface area contributed by atoms with Crippen molar-refractivity contribution in [1.29, 1.82) is 0 Å². The van der Waals surface area contributed by atoms with Crippen LogP contribution in [0.4, 0.5) is 5.69 Å². The normalized spacial score (nSPS) is 10.2. The predicted octanol–water partition coefficient (Wildman–Crippen LogP) is 1.96. The lowest BCUT2D eigenvalue weighted by atomic mass is 10.2. The highest BCUT2D eigenvalue weighted by atomic mass is 16.4. The fraction of sp³-hybridized carbons (Fsp3) is 0.188. The zero-order valence-electron chi connectivity index (χ0n) is 12.7. The van der Waals surface area contributed by atoms with Crippen LogP contribution in [0.3, 0.4) is 0 Å². The van der Waals surface area contributed by atoms with E-state index in [-0.39, 0.29) is 11.7 Å². The molecule has 1 heterocycles. The Hall–Kier alpha value is -3.09. The molecule has 0 aliphatic carbocycles. The van der Waals surface area contributed by atoms with Crippen molar-refractivity contribution in [2.24, 2.45) is 0 Å². The van der Waals surface area contributed by atoms with Crippen LogP contribution in [-0.2, 0) is 4.79 Å². The smallest absolute Gasteiger partial charge is 0.322 e. The maximum atomic E-state index is 12.0. The molecule has 0 aliphatic heterocycles. The van der Waals surface area contributed by atoms with Crippen molar-refractivity contribution in [3.05, 3.63) is 53.0 Å². The fourth-order valence-corrected chi connectivity index (χ4v) is 1.84. The standard InChI is InChI=1S/C16H16N2O5/c1-9-7-13(23-10(9)2)16(22)18-12-5-3-11(4-6-12)15(21)17-8-14(19)20/h3-7H,8H2,1-2H3,(H,17,21)(H,18,22)(H,19,20). The van der Waals surface area contributed by atoms with Crippen LogP contribution in [0.1, 0.15) is 32.2 Å². The number of rotatable bonds is 5. The van der Waals surface area contributed by atoms with Gasteiger partial charge in [-0.15, -0.1) is 0 Å². The summed E-state index contributed by atoms with van der Waals surface area (Å²) in [5.41, 5.74) is 1.69. The second-order valence-corrected chi connectivity index (χ2v) is 4.96. The number of benzene rings is 1. The number of carbonyl (C=O) groups is 3. The van der Waals surface area contributed by atoms with E-state index in [1.54, 1.807) is 25.1 Å². The molecule has 1 aromatic heterocycles. The quantitative estimate of drug-likeness (QED) is 0.781. The van der Waals surface area contributed by atoms with Gasteiger partial charge in [0.2, 0.25) is 0 Å². The Labute approximate surface area is 132 Å². The molecule has 0 saturated heterocycles. The summed E-state index contributed by atoms with van der Waals surface area (Å²) in [6.07, 6.45) is 0. The number of nitrogens with one attached hydrogen (secondary N) is 2. The molecular weight excluding hydrogens is 300 g/mol. The second-order valence-electron chi connectivity index (χ2n) is 4.96. The van der Waals surface area contributed by atoms with E-state index >= 15 is 0 Å². The lowest BCUT2D eigenvalue weighted by molar-refractivity contribution is -0.135. The number of hydrogen-bond acceptors (Lipinski definition) is 4. The van der Waals surface area contributed by atoms with E-state index in [4.69, 9.17) is 9.52 Å². The Bertz CT molecular complexity index is 727. The summed E-state index contributed by atoms with van der Waals surface area (Å²) in [5, 5.41) is 13.4. The van der Waals surface area contributed by atoms with E-state index in [1.165, 1.54) is 12.1 Å².